The standard InChI is InChI=1S/C26H37N3O4/c1-5-32-24(30)14-12-20-11-13-23(27-17-20)29(25(31)33-26(2,3)4)22-15-16-28(19-22)18-21-9-7-6-8-10-21/h9,11-14,17,22H,5-8,10,15-16,18-19H2,1-4H3/b14-12+/t22-/m1/s1. The lowest BCUT2D eigenvalue weighted by Gasteiger charge is -2.31. The van der Waals surface area contributed by atoms with Gasteiger partial charge in [0.15, 0.2) is 0 Å². The van der Waals surface area contributed by atoms with Crippen molar-refractivity contribution in [1.82, 2.24) is 9.88 Å². The van der Waals surface area contributed by atoms with Crippen molar-refractivity contribution in [2.24, 2.45) is 0 Å². The van der Waals surface area contributed by atoms with Crippen molar-refractivity contribution in [3.8, 4) is 0 Å². The van der Waals surface area contributed by atoms with Crippen molar-refractivity contribution in [3.63, 3.8) is 0 Å². The number of allylic oxidation sites excluding steroid dienone is 1. The minimum absolute atomic E-state index is 0.00235. The van der Waals surface area contributed by atoms with Crippen LogP contribution in [0.25, 0.3) is 6.08 Å². The van der Waals surface area contributed by atoms with E-state index in [-0.39, 0.29) is 12.1 Å². The summed E-state index contributed by atoms with van der Waals surface area (Å²) < 4.78 is 10.6. The number of carbonyl (C=O) groups is 2. The molecular weight excluding hydrogens is 418 g/mol. The number of esters is 1. The highest BCUT2D eigenvalue weighted by molar-refractivity contribution is 5.88. The number of hydrogen-bond donors (Lipinski definition) is 0. The van der Waals surface area contributed by atoms with Gasteiger partial charge in [0.2, 0.25) is 0 Å². The summed E-state index contributed by atoms with van der Waals surface area (Å²) in [6, 6.07) is 3.65. The van der Waals surface area contributed by atoms with Gasteiger partial charge in [-0.05, 0) is 83.6 Å². The fourth-order valence-electron chi connectivity index (χ4n) is 4.24. The third-order valence-corrected chi connectivity index (χ3v) is 5.73. The molecule has 1 aromatic heterocycles. The van der Waals surface area contributed by atoms with Crippen LogP contribution in [0.3, 0.4) is 0 Å². The molecule has 2 aliphatic rings. The number of ether oxygens (including phenoxy) is 2. The predicted octanol–water partition coefficient (Wildman–Crippen LogP) is 4.97. The second-order valence-electron chi connectivity index (χ2n) is 9.67. The monoisotopic (exact) mass is 455 g/mol. The van der Waals surface area contributed by atoms with E-state index in [4.69, 9.17) is 9.47 Å². The molecule has 1 fully saturated rings. The maximum atomic E-state index is 13.2. The number of nitrogens with zero attached hydrogens (tertiary/aromatic N) is 3. The molecule has 0 unspecified atom stereocenters. The van der Waals surface area contributed by atoms with Gasteiger partial charge in [-0.25, -0.2) is 14.6 Å². The van der Waals surface area contributed by atoms with Gasteiger partial charge in [-0.2, -0.15) is 0 Å². The summed E-state index contributed by atoms with van der Waals surface area (Å²) >= 11 is 0. The Morgan fingerprint density at radius 2 is 2.09 bits per heavy atom. The van der Waals surface area contributed by atoms with Crippen LogP contribution in [0.4, 0.5) is 10.6 Å². The Bertz CT molecular complexity index is 871. The van der Waals surface area contributed by atoms with Crippen LogP contribution in [-0.4, -0.2) is 59.8 Å². The average molecular weight is 456 g/mol. The van der Waals surface area contributed by atoms with Crippen molar-refractivity contribution in [2.45, 2.75) is 71.4 Å². The lowest BCUT2D eigenvalue weighted by Crippen LogP contribution is -2.45. The molecule has 33 heavy (non-hydrogen) atoms. The minimum atomic E-state index is -0.594. The zero-order chi connectivity index (χ0) is 23.8. The second kappa shape index (κ2) is 11.5. The van der Waals surface area contributed by atoms with Gasteiger partial charge in [-0.1, -0.05) is 11.6 Å². The van der Waals surface area contributed by atoms with E-state index in [1.165, 1.54) is 37.3 Å². The first-order valence-electron chi connectivity index (χ1n) is 12.0. The molecule has 0 spiro atoms. The molecule has 0 saturated carbocycles. The molecule has 1 aliphatic heterocycles. The topological polar surface area (TPSA) is 72.0 Å². The van der Waals surface area contributed by atoms with Gasteiger partial charge in [0, 0.05) is 31.9 Å². The molecule has 1 amide bonds. The van der Waals surface area contributed by atoms with Crippen LogP contribution in [0.5, 0.6) is 0 Å². The Hall–Kier alpha value is -2.67. The SMILES string of the molecule is CCOC(=O)/C=C/c1ccc(N(C(=O)OC(C)(C)C)[C@@H]2CCN(CC3=CCCCC3)C2)nc1. The van der Waals surface area contributed by atoms with Gasteiger partial charge in [0.1, 0.15) is 11.4 Å². The second-order valence-corrected chi connectivity index (χ2v) is 9.67. The molecular formula is C26H37N3O4. The van der Waals surface area contributed by atoms with Crippen LogP contribution in [0.1, 0.15) is 65.4 Å². The average Bonchev–Trinajstić information content (AvgIpc) is 3.21. The Balaban J connectivity index is 1.74. The smallest absolute Gasteiger partial charge is 0.416 e. The molecule has 0 bridgehead atoms. The van der Waals surface area contributed by atoms with E-state index in [2.05, 4.69) is 16.0 Å². The van der Waals surface area contributed by atoms with Crippen molar-refractivity contribution >= 4 is 24.0 Å². The number of aromatic nitrogens is 1. The summed E-state index contributed by atoms with van der Waals surface area (Å²) in [4.78, 5) is 33.4. The summed E-state index contributed by atoms with van der Waals surface area (Å²) in [7, 11) is 0. The minimum Gasteiger partial charge on any atom is -0.463 e. The van der Waals surface area contributed by atoms with E-state index < -0.39 is 11.6 Å². The molecule has 1 saturated heterocycles. The molecule has 7 nitrogen and oxygen atoms in total. The summed E-state index contributed by atoms with van der Waals surface area (Å²) in [6.07, 6.45) is 12.5. The van der Waals surface area contributed by atoms with Gasteiger partial charge in [0.05, 0.1) is 12.6 Å². The number of carbonyl (C=O) groups excluding carboxylic acids is 2. The van der Waals surface area contributed by atoms with Crippen LogP contribution in [0.15, 0.2) is 36.1 Å². The number of likely N-dealkylation sites (tertiary alicyclic amines) is 1. The third-order valence-electron chi connectivity index (χ3n) is 5.73. The maximum Gasteiger partial charge on any atom is 0.416 e. The molecule has 0 aromatic carbocycles. The van der Waals surface area contributed by atoms with E-state index in [9.17, 15) is 9.59 Å². The number of pyridine rings is 1. The fourth-order valence-corrected chi connectivity index (χ4v) is 4.24. The number of rotatable bonds is 7. The van der Waals surface area contributed by atoms with Gasteiger partial charge < -0.3 is 9.47 Å². The highest BCUT2D eigenvalue weighted by atomic mass is 16.6. The van der Waals surface area contributed by atoms with Gasteiger partial charge in [-0.15, -0.1) is 0 Å². The van der Waals surface area contributed by atoms with Gasteiger partial charge in [-0.3, -0.25) is 9.80 Å². The molecule has 180 valence electrons. The fraction of sp³-hybridized carbons (Fsp3) is 0.577. The number of hydrogen-bond acceptors (Lipinski definition) is 6. The van der Waals surface area contributed by atoms with Crippen LogP contribution in [-0.2, 0) is 14.3 Å². The Morgan fingerprint density at radius 3 is 2.73 bits per heavy atom. The van der Waals surface area contributed by atoms with Crippen molar-refractivity contribution in [1.29, 1.82) is 0 Å². The van der Waals surface area contributed by atoms with E-state index in [0.29, 0.717) is 12.4 Å². The zero-order valence-electron chi connectivity index (χ0n) is 20.4. The predicted molar refractivity (Wildman–Crippen MR) is 130 cm³/mol. The highest BCUT2D eigenvalue weighted by Crippen LogP contribution is 2.26. The Labute approximate surface area is 197 Å². The largest absolute Gasteiger partial charge is 0.463 e. The van der Waals surface area contributed by atoms with E-state index in [0.717, 1.165) is 31.6 Å². The molecule has 3 rings (SSSR count). The molecule has 2 heterocycles. The van der Waals surface area contributed by atoms with Crippen molar-refractivity contribution in [3.05, 3.63) is 41.6 Å². The van der Waals surface area contributed by atoms with Gasteiger partial charge in [0.25, 0.3) is 0 Å². The van der Waals surface area contributed by atoms with E-state index in [1.54, 1.807) is 30.2 Å². The lowest BCUT2D eigenvalue weighted by atomic mass is 9.99. The normalized spacial score (nSPS) is 19.4. The van der Waals surface area contributed by atoms with Crippen LogP contribution in [0.2, 0.25) is 0 Å². The first-order valence-corrected chi connectivity index (χ1v) is 12.0. The maximum absolute atomic E-state index is 13.2. The summed E-state index contributed by atoms with van der Waals surface area (Å²) in [5.74, 6) is 0.164. The van der Waals surface area contributed by atoms with E-state index in [1.807, 2.05) is 26.8 Å². The summed E-state index contributed by atoms with van der Waals surface area (Å²) in [6.45, 7) is 10.4. The third kappa shape index (κ3) is 7.70. The first kappa shape index (κ1) is 25.0. The molecule has 0 N–H and O–H groups in total. The zero-order valence-corrected chi connectivity index (χ0v) is 20.4. The Morgan fingerprint density at radius 1 is 1.27 bits per heavy atom. The lowest BCUT2D eigenvalue weighted by molar-refractivity contribution is -0.137. The molecule has 1 atom stereocenters. The van der Waals surface area contributed by atoms with Crippen molar-refractivity contribution < 1.29 is 19.1 Å². The summed E-state index contributed by atoms with van der Waals surface area (Å²) in [5.41, 5.74) is 1.68. The van der Waals surface area contributed by atoms with Crippen LogP contribution in [0, 0.1) is 0 Å². The summed E-state index contributed by atoms with van der Waals surface area (Å²) in [5, 5.41) is 0. The number of anilines is 1. The quantitative estimate of drug-likeness (QED) is 0.328. The molecule has 7 heteroatoms. The first-order chi connectivity index (χ1) is 15.7. The molecule has 1 aliphatic carbocycles. The van der Waals surface area contributed by atoms with Crippen molar-refractivity contribution in [2.75, 3.05) is 31.1 Å². The highest BCUT2D eigenvalue weighted by Gasteiger charge is 2.35. The van der Waals surface area contributed by atoms with E-state index >= 15 is 0 Å². The molecule has 0 radical (unpaired) electrons. The number of amides is 1. The molecule has 1 aromatic rings. The van der Waals surface area contributed by atoms with Gasteiger partial charge >= 0.3 is 12.1 Å². The van der Waals surface area contributed by atoms with Crippen LogP contribution < -0.4 is 4.90 Å². The Kier molecular flexibility index (Phi) is 8.67. The van der Waals surface area contributed by atoms with Crippen LogP contribution >= 0.6 is 0 Å².